The molecule has 0 spiro atoms. The van der Waals surface area contributed by atoms with Crippen LogP contribution in [0.15, 0.2) is 0 Å². The molecule has 0 aromatic carbocycles. The highest BCUT2D eigenvalue weighted by Gasteiger charge is 2.27. The first-order valence-electron chi connectivity index (χ1n) is 5.00. The summed E-state index contributed by atoms with van der Waals surface area (Å²) < 4.78 is 5.32. The Balaban J connectivity index is 2.44. The Bertz CT molecular complexity index is 247. The van der Waals surface area contributed by atoms with Crippen LogP contribution in [0.25, 0.3) is 0 Å². The fraction of sp³-hybridized carbons (Fsp3) is 0.800. The molecule has 1 rings (SSSR count). The summed E-state index contributed by atoms with van der Waals surface area (Å²) in [6, 6.07) is 2.06. The number of hydrogen-bond acceptors (Lipinski definition) is 3. The van der Waals surface area contributed by atoms with Gasteiger partial charge in [-0.15, -0.1) is 0 Å². The molecular formula is C10H16N2O2. The number of rotatable bonds is 3. The third kappa shape index (κ3) is 2.46. The second kappa shape index (κ2) is 4.97. The average Bonchev–Trinajstić information content (AvgIpc) is 2.54. The maximum Gasteiger partial charge on any atom is 0.237 e. The second-order valence-electron chi connectivity index (χ2n) is 3.57. The lowest BCUT2D eigenvalue weighted by Gasteiger charge is -2.17. The van der Waals surface area contributed by atoms with Crippen molar-refractivity contribution in [3.8, 4) is 6.07 Å². The molecule has 3 atom stereocenters. The van der Waals surface area contributed by atoms with E-state index in [0.717, 1.165) is 6.42 Å². The van der Waals surface area contributed by atoms with Gasteiger partial charge < -0.3 is 10.1 Å². The van der Waals surface area contributed by atoms with Gasteiger partial charge in [0.1, 0.15) is 5.92 Å². The fourth-order valence-corrected chi connectivity index (χ4v) is 1.54. The van der Waals surface area contributed by atoms with Gasteiger partial charge in [0.25, 0.3) is 0 Å². The minimum atomic E-state index is -0.525. The van der Waals surface area contributed by atoms with Gasteiger partial charge in [-0.25, -0.2) is 0 Å². The van der Waals surface area contributed by atoms with Gasteiger partial charge in [-0.2, -0.15) is 5.26 Å². The molecular weight excluding hydrogens is 180 g/mol. The Morgan fingerprint density at radius 2 is 2.50 bits per heavy atom. The summed E-state index contributed by atoms with van der Waals surface area (Å²) in [7, 11) is 0. The normalized spacial score (nSPS) is 28.1. The van der Waals surface area contributed by atoms with Crippen LogP contribution >= 0.6 is 0 Å². The van der Waals surface area contributed by atoms with Crippen LogP contribution in [0.1, 0.15) is 26.7 Å². The minimum absolute atomic E-state index is 0.0650. The molecule has 4 nitrogen and oxygen atoms in total. The third-order valence-electron chi connectivity index (χ3n) is 2.58. The average molecular weight is 196 g/mol. The van der Waals surface area contributed by atoms with Crippen LogP contribution in [-0.2, 0) is 9.53 Å². The number of nitrogens with one attached hydrogen (secondary N) is 1. The number of carbonyl (C=O) groups excluding carboxylic acids is 1. The Morgan fingerprint density at radius 1 is 1.79 bits per heavy atom. The summed E-state index contributed by atoms with van der Waals surface area (Å²) in [5, 5.41) is 11.5. The lowest BCUT2D eigenvalue weighted by molar-refractivity contribution is -0.124. The summed E-state index contributed by atoms with van der Waals surface area (Å²) in [4.78, 5) is 11.5. The SMILES string of the molecule is CCC(C#N)C(=O)NC1CCOC1C. The summed E-state index contributed by atoms with van der Waals surface area (Å²) in [6.45, 7) is 4.46. The zero-order chi connectivity index (χ0) is 10.6. The Morgan fingerprint density at radius 3 is 2.93 bits per heavy atom. The number of nitriles is 1. The molecule has 4 heteroatoms. The molecule has 3 unspecified atom stereocenters. The van der Waals surface area contributed by atoms with Crippen LogP contribution in [0.2, 0.25) is 0 Å². The van der Waals surface area contributed by atoms with Crippen LogP contribution in [0.5, 0.6) is 0 Å². The second-order valence-corrected chi connectivity index (χ2v) is 3.57. The van der Waals surface area contributed by atoms with Gasteiger partial charge in [-0.1, -0.05) is 6.92 Å². The molecule has 1 heterocycles. The summed E-state index contributed by atoms with van der Waals surface area (Å²) in [5.41, 5.74) is 0. The molecule has 0 radical (unpaired) electrons. The van der Waals surface area contributed by atoms with E-state index in [4.69, 9.17) is 10.00 Å². The van der Waals surface area contributed by atoms with Crippen LogP contribution < -0.4 is 5.32 Å². The molecule has 1 saturated heterocycles. The first-order valence-corrected chi connectivity index (χ1v) is 5.00. The first kappa shape index (κ1) is 11.0. The van der Waals surface area contributed by atoms with Gasteiger partial charge in [0, 0.05) is 6.61 Å². The molecule has 0 aromatic heterocycles. The van der Waals surface area contributed by atoms with Gasteiger partial charge in [0.05, 0.1) is 18.2 Å². The quantitative estimate of drug-likeness (QED) is 0.727. The van der Waals surface area contributed by atoms with Crippen LogP contribution in [0.3, 0.4) is 0 Å². The maximum absolute atomic E-state index is 11.5. The van der Waals surface area contributed by atoms with E-state index in [9.17, 15) is 4.79 Å². The highest BCUT2D eigenvalue weighted by atomic mass is 16.5. The minimum Gasteiger partial charge on any atom is -0.376 e. The first-order chi connectivity index (χ1) is 6.69. The highest BCUT2D eigenvalue weighted by molar-refractivity contribution is 5.81. The standard InChI is InChI=1S/C10H16N2O2/c1-3-8(6-11)10(13)12-9-4-5-14-7(9)2/h7-9H,3-5H2,1-2H3,(H,12,13). The fourth-order valence-electron chi connectivity index (χ4n) is 1.54. The monoisotopic (exact) mass is 196 g/mol. The van der Waals surface area contributed by atoms with E-state index < -0.39 is 5.92 Å². The molecule has 0 bridgehead atoms. The van der Waals surface area contributed by atoms with Crippen molar-refractivity contribution in [1.82, 2.24) is 5.32 Å². The molecule has 1 aliphatic heterocycles. The van der Waals surface area contributed by atoms with Gasteiger partial charge in [-0.3, -0.25) is 4.79 Å². The number of nitrogens with zero attached hydrogens (tertiary/aromatic N) is 1. The van der Waals surface area contributed by atoms with Crippen LogP contribution in [-0.4, -0.2) is 24.7 Å². The Kier molecular flexibility index (Phi) is 3.90. The smallest absolute Gasteiger partial charge is 0.237 e. The van der Waals surface area contributed by atoms with Crippen LogP contribution in [0, 0.1) is 17.2 Å². The van der Waals surface area contributed by atoms with Crippen molar-refractivity contribution in [2.45, 2.75) is 38.8 Å². The van der Waals surface area contributed by atoms with E-state index in [0.29, 0.717) is 13.0 Å². The molecule has 78 valence electrons. The number of ether oxygens (including phenoxy) is 1. The molecule has 1 aliphatic rings. The predicted octanol–water partition coefficient (Wildman–Crippen LogP) is 0.830. The lowest BCUT2D eigenvalue weighted by Crippen LogP contribution is -2.41. The molecule has 1 fully saturated rings. The van der Waals surface area contributed by atoms with Crippen molar-refractivity contribution in [1.29, 1.82) is 5.26 Å². The van der Waals surface area contributed by atoms with Gasteiger partial charge in [0.2, 0.25) is 5.91 Å². The van der Waals surface area contributed by atoms with E-state index in [2.05, 4.69) is 5.32 Å². The van der Waals surface area contributed by atoms with Crippen molar-refractivity contribution in [2.75, 3.05) is 6.61 Å². The zero-order valence-corrected chi connectivity index (χ0v) is 8.62. The summed E-state index contributed by atoms with van der Waals surface area (Å²) in [6.07, 6.45) is 1.47. The molecule has 1 N–H and O–H groups in total. The lowest BCUT2D eigenvalue weighted by atomic mass is 10.1. The number of amides is 1. The molecule has 0 aliphatic carbocycles. The largest absolute Gasteiger partial charge is 0.376 e. The molecule has 0 aromatic rings. The number of hydrogen-bond donors (Lipinski definition) is 1. The van der Waals surface area contributed by atoms with E-state index in [1.54, 1.807) is 0 Å². The summed E-state index contributed by atoms with van der Waals surface area (Å²) in [5.74, 6) is -0.694. The van der Waals surface area contributed by atoms with Gasteiger partial charge in [0.15, 0.2) is 0 Å². The maximum atomic E-state index is 11.5. The predicted molar refractivity (Wildman–Crippen MR) is 51.4 cm³/mol. The van der Waals surface area contributed by atoms with Crippen molar-refractivity contribution in [3.63, 3.8) is 0 Å². The van der Waals surface area contributed by atoms with E-state index >= 15 is 0 Å². The van der Waals surface area contributed by atoms with Crippen molar-refractivity contribution in [2.24, 2.45) is 5.92 Å². The van der Waals surface area contributed by atoms with E-state index in [1.165, 1.54) is 0 Å². The van der Waals surface area contributed by atoms with Crippen LogP contribution in [0.4, 0.5) is 0 Å². The van der Waals surface area contributed by atoms with E-state index in [1.807, 2.05) is 19.9 Å². The topological polar surface area (TPSA) is 62.1 Å². The molecule has 14 heavy (non-hydrogen) atoms. The van der Waals surface area contributed by atoms with Gasteiger partial charge in [-0.05, 0) is 19.8 Å². The Labute approximate surface area is 84.2 Å². The third-order valence-corrected chi connectivity index (χ3v) is 2.58. The van der Waals surface area contributed by atoms with Crippen molar-refractivity contribution >= 4 is 5.91 Å². The summed E-state index contributed by atoms with van der Waals surface area (Å²) >= 11 is 0. The van der Waals surface area contributed by atoms with Gasteiger partial charge >= 0.3 is 0 Å². The molecule has 0 saturated carbocycles. The zero-order valence-electron chi connectivity index (χ0n) is 8.62. The Hall–Kier alpha value is -1.08. The highest BCUT2D eigenvalue weighted by Crippen LogP contribution is 2.13. The van der Waals surface area contributed by atoms with E-state index in [-0.39, 0.29) is 18.1 Å². The number of carbonyl (C=O) groups is 1. The van der Waals surface area contributed by atoms with Crippen molar-refractivity contribution < 1.29 is 9.53 Å². The van der Waals surface area contributed by atoms with Crippen molar-refractivity contribution in [3.05, 3.63) is 0 Å². The molecule has 1 amide bonds.